The molecule has 3 atom stereocenters. The van der Waals surface area contributed by atoms with Gasteiger partial charge < -0.3 is 14.2 Å². The van der Waals surface area contributed by atoms with Gasteiger partial charge in [-0.25, -0.2) is 0 Å². The predicted octanol–water partition coefficient (Wildman–Crippen LogP) is 1.03. The van der Waals surface area contributed by atoms with Gasteiger partial charge in [0.1, 0.15) is 14.5 Å². The molecule has 20 heavy (non-hydrogen) atoms. The molecule has 106 valence electrons. The van der Waals surface area contributed by atoms with Crippen LogP contribution in [0.1, 0.15) is 24.8 Å². The van der Waals surface area contributed by atoms with Crippen LogP contribution < -0.4 is 0 Å². The van der Waals surface area contributed by atoms with Crippen molar-refractivity contribution in [2.45, 2.75) is 43.6 Å². The highest BCUT2D eigenvalue weighted by Crippen LogP contribution is 2.40. The van der Waals surface area contributed by atoms with Crippen molar-refractivity contribution in [1.82, 2.24) is 0 Å². The van der Waals surface area contributed by atoms with Crippen molar-refractivity contribution in [1.29, 1.82) is 0 Å². The van der Waals surface area contributed by atoms with Gasteiger partial charge in [-0.3, -0.25) is 4.79 Å². The summed E-state index contributed by atoms with van der Waals surface area (Å²) in [5.74, 6) is -0.191. The van der Waals surface area contributed by atoms with Crippen LogP contribution in [0.5, 0.6) is 0 Å². The standard InChI is InChI=1S/C15H19BO4/c16-14-12-8-15(20-14,6-7-18-12)9-13(17)19-10-11-4-2-1-3-5-11/h1-5,12,14H,6-10,16H2/t12?,14-,15+/m1/s1. The first-order valence-electron chi connectivity index (χ1n) is 7.16. The minimum absolute atomic E-state index is 0.0689. The molecule has 5 heteroatoms. The number of esters is 1. The van der Waals surface area contributed by atoms with Crippen LogP contribution in [-0.4, -0.2) is 38.1 Å². The highest BCUT2D eigenvalue weighted by Gasteiger charge is 2.49. The largest absolute Gasteiger partial charge is 0.461 e. The molecule has 2 fully saturated rings. The van der Waals surface area contributed by atoms with Crippen LogP contribution in [0, 0.1) is 0 Å². The topological polar surface area (TPSA) is 44.8 Å². The Bertz CT molecular complexity index is 474. The molecule has 2 heterocycles. The van der Waals surface area contributed by atoms with Crippen LogP contribution in [0.2, 0.25) is 0 Å². The molecule has 0 amide bonds. The Morgan fingerprint density at radius 1 is 1.40 bits per heavy atom. The summed E-state index contributed by atoms with van der Waals surface area (Å²) in [4.78, 5) is 12.0. The molecular formula is C15H19BO4. The molecule has 3 rings (SSSR count). The predicted molar refractivity (Wildman–Crippen MR) is 76.0 cm³/mol. The van der Waals surface area contributed by atoms with Crippen molar-refractivity contribution in [2.24, 2.45) is 0 Å². The van der Waals surface area contributed by atoms with E-state index in [0.717, 1.165) is 18.4 Å². The van der Waals surface area contributed by atoms with Gasteiger partial charge in [-0.05, 0) is 5.56 Å². The number of ether oxygens (including phenoxy) is 3. The second kappa shape index (κ2) is 5.58. The fraction of sp³-hybridized carbons (Fsp3) is 0.533. The Morgan fingerprint density at radius 3 is 3.00 bits per heavy atom. The van der Waals surface area contributed by atoms with E-state index in [-0.39, 0.29) is 23.7 Å². The fourth-order valence-corrected chi connectivity index (χ4v) is 3.06. The average molecular weight is 274 g/mol. The van der Waals surface area contributed by atoms with Gasteiger partial charge in [-0.15, -0.1) is 0 Å². The lowest BCUT2D eigenvalue weighted by Gasteiger charge is -2.30. The van der Waals surface area contributed by atoms with Crippen LogP contribution in [-0.2, 0) is 25.6 Å². The van der Waals surface area contributed by atoms with Crippen molar-refractivity contribution < 1.29 is 19.0 Å². The maximum absolute atomic E-state index is 12.0. The maximum atomic E-state index is 12.0. The zero-order valence-corrected chi connectivity index (χ0v) is 11.7. The van der Waals surface area contributed by atoms with Crippen LogP contribution >= 0.6 is 0 Å². The van der Waals surface area contributed by atoms with E-state index in [0.29, 0.717) is 19.6 Å². The average Bonchev–Trinajstić information content (AvgIpc) is 2.67. The smallest absolute Gasteiger partial charge is 0.309 e. The summed E-state index contributed by atoms with van der Waals surface area (Å²) in [5, 5.41) is 0. The normalized spacial score (nSPS) is 32.0. The molecule has 1 aromatic carbocycles. The Labute approximate surface area is 119 Å². The SMILES string of the molecule is B[C@@H]1O[C@@]2(CC(=O)OCc3ccccc3)CCOC1C2. The van der Waals surface area contributed by atoms with Crippen molar-refractivity contribution in [3.63, 3.8) is 0 Å². The van der Waals surface area contributed by atoms with Gasteiger partial charge in [-0.1, -0.05) is 30.3 Å². The van der Waals surface area contributed by atoms with Crippen LogP contribution in [0.4, 0.5) is 0 Å². The third-order valence-electron chi connectivity index (χ3n) is 4.13. The van der Waals surface area contributed by atoms with Crippen LogP contribution in [0.3, 0.4) is 0 Å². The van der Waals surface area contributed by atoms with Crippen molar-refractivity contribution in [3.8, 4) is 0 Å². The highest BCUT2D eigenvalue weighted by atomic mass is 16.6. The summed E-state index contributed by atoms with van der Waals surface area (Å²) < 4.78 is 17.0. The van der Waals surface area contributed by atoms with Crippen LogP contribution in [0.25, 0.3) is 0 Å². The van der Waals surface area contributed by atoms with E-state index < -0.39 is 0 Å². The number of benzene rings is 1. The zero-order valence-electron chi connectivity index (χ0n) is 11.7. The number of carbonyl (C=O) groups is 1. The molecule has 1 aromatic rings. The first-order valence-corrected chi connectivity index (χ1v) is 7.16. The molecule has 4 nitrogen and oxygen atoms in total. The minimum Gasteiger partial charge on any atom is -0.461 e. The van der Waals surface area contributed by atoms with Gasteiger partial charge in [0.2, 0.25) is 0 Å². The lowest BCUT2D eigenvalue weighted by atomic mass is 9.86. The molecular weight excluding hydrogens is 255 g/mol. The molecule has 0 spiro atoms. The molecule has 2 bridgehead atoms. The van der Waals surface area contributed by atoms with E-state index >= 15 is 0 Å². The first-order chi connectivity index (χ1) is 9.67. The molecule has 1 unspecified atom stereocenters. The number of hydrogen-bond acceptors (Lipinski definition) is 4. The van der Waals surface area contributed by atoms with Gasteiger partial charge in [0.15, 0.2) is 0 Å². The van der Waals surface area contributed by atoms with Crippen molar-refractivity contribution >= 4 is 13.8 Å². The monoisotopic (exact) mass is 274 g/mol. The maximum Gasteiger partial charge on any atom is 0.309 e. The lowest BCUT2D eigenvalue weighted by molar-refractivity contribution is -0.152. The summed E-state index contributed by atoms with van der Waals surface area (Å²) in [6, 6.07) is 9.79. The Kier molecular flexibility index (Phi) is 3.81. The third kappa shape index (κ3) is 2.89. The van der Waals surface area contributed by atoms with Gasteiger partial charge in [0.25, 0.3) is 0 Å². The minimum atomic E-state index is -0.365. The lowest BCUT2D eigenvalue weighted by Crippen LogP contribution is -2.37. The Hall–Kier alpha value is -1.33. The zero-order chi connectivity index (χ0) is 14.0. The van der Waals surface area contributed by atoms with Gasteiger partial charge in [0.05, 0.1) is 24.1 Å². The summed E-state index contributed by atoms with van der Waals surface area (Å²) in [5.41, 5.74) is 0.639. The van der Waals surface area contributed by atoms with Gasteiger partial charge in [-0.2, -0.15) is 0 Å². The number of rotatable bonds is 4. The van der Waals surface area contributed by atoms with E-state index in [1.54, 1.807) is 0 Å². The van der Waals surface area contributed by atoms with E-state index in [1.165, 1.54) is 0 Å². The van der Waals surface area contributed by atoms with E-state index in [9.17, 15) is 4.79 Å². The van der Waals surface area contributed by atoms with Crippen molar-refractivity contribution in [3.05, 3.63) is 35.9 Å². The molecule has 0 radical (unpaired) electrons. The van der Waals surface area contributed by atoms with Crippen LogP contribution in [0.15, 0.2) is 30.3 Å². The summed E-state index contributed by atoms with van der Waals surface area (Å²) in [6.45, 7) is 0.992. The van der Waals surface area contributed by atoms with Crippen molar-refractivity contribution in [2.75, 3.05) is 6.61 Å². The quantitative estimate of drug-likeness (QED) is 0.607. The van der Waals surface area contributed by atoms with E-state index in [4.69, 9.17) is 14.2 Å². The number of fused-ring (bicyclic) bond motifs is 2. The molecule has 0 aromatic heterocycles. The summed E-state index contributed by atoms with van der Waals surface area (Å²) >= 11 is 0. The van der Waals surface area contributed by atoms with E-state index in [2.05, 4.69) is 0 Å². The molecule has 0 saturated carbocycles. The molecule has 2 aliphatic rings. The molecule has 2 saturated heterocycles. The molecule has 0 aliphatic carbocycles. The fourth-order valence-electron chi connectivity index (χ4n) is 3.06. The van der Waals surface area contributed by atoms with Gasteiger partial charge in [0, 0.05) is 19.4 Å². The second-order valence-corrected chi connectivity index (χ2v) is 5.69. The number of hydrogen-bond donors (Lipinski definition) is 0. The third-order valence-corrected chi connectivity index (χ3v) is 4.13. The van der Waals surface area contributed by atoms with E-state index in [1.807, 2.05) is 38.2 Å². The Balaban J connectivity index is 1.54. The second-order valence-electron chi connectivity index (χ2n) is 5.69. The number of carbonyl (C=O) groups excluding carboxylic acids is 1. The molecule has 2 aliphatic heterocycles. The highest BCUT2D eigenvalue weighted by molar-refractivity contribution is 6.11. The molecule has 0 N–H and O–H groups in total. The van der Waals surface area contributed by atoms with Gasteiger partial charge >= 0.3 is 5.97 Å². The Morgan fingerprint density at radius 2 is 2.20 bits per heavy atom. The summed E-state index contributed by atoms with van der Waals surface area (Å²) in [7, 11) is 2.01. The summed E-state index contributed by atoms with van der Waals surface area (Å²) in [6.07, 6.45) is 2.03. The first kappa shape index (κ1) is 13.6.